The molecule has 0 spiro atoms. The molecule has 92 valence electrons. The van der Waals surface area contributed by atoms with Gasteiger partial charge in [0.1, 0.15) is 5.69 Å². The van der Waals surface area contributed by atoms with E-state index >= 15 is 0 Å². The molecule has 1 N–H and O–H groups in total. The SMILES string of the molecule is COc1cnn(C(C)C)c1C(O)CC(C)C. The van der Waals surface area contributed by atoms with Crippen LogP contribution in [0.25, 0.3) is 0 Å². The predicted molar refractivity (Wildman–Crippen MR) is 63.6 cm³/mol. The summed E-state index contributed by atoms with van der Waals surface area (Å²) < 4.78 is 7.06. The molecule has 0 bridgehead atoms. The van der Waals surface area contributed by atoms with Crippen LogP contribution in [0.2, 0.25) is 0 Å². The van der Waals surface area contributed by atoms with Gasteiger partial charge in [-0.25, -0.2) is 0 Å². The molecular weight excluding hydrogens is 204 g/mol. The van der Waals surface area contributed by atoms with E-state index in [-0.39, 0.29) is 6.04 Å². The lowest BCUT2D eigenvalue weighted by atomic mass is 10.0. The molecule has 0 aliphatic heterocycles. The van der Waals surface area contributed by atoms with Crippen molar-refractivity contribution in [2.45, 2.75) is 46.3 Å². The van der Waals surface area contributed by atoms with Gasteiger partial charge >= 0.3 is 0 Å². The quantitative estimate of drug-likeness (QED) is 0.839. The first kappa shape index (κ1) is 13.0. The highest BCUT2D eigenvalue weighted by Crippen LogP contribution is 2.30. The van der Waals surface area contributed by atoms with E-state index in [1.807, 2.05) is 18.5 Å². The van der Waals surface area contributed by atoms with E-state index in [9.17, 15) is 5.11 Å². The van der Waals surface area contributed by atoms with Crippen molar-refractivity contribution in [3.8, 4) is 5.75 Å². The predicted octanol–water partition coefficient (Wildman–Crippen LogP) is 2.55. The summed E-state index contributed by atoms with van der Waals surface area (Å²) in [5.41, 5.74) is 0.784. The number of methoxy groups -OCH3 is 1. The number of hydrogen-bond acceptors (Lipinski definition) is 3. The molecule has 16 heavy (non-hydrogen) atoms. The molecule has 1 rings (SSSR count). The summed E-state index contributed by atoms with van der Waals surface area (Å²) in [7, 11) is 1.60. The van der Waals surface area contributed by atoms with Gasteiger partial charge in [0.25, 0.3) is 0 Å². The Labute approximate surface area is 97.2 Å². The third-order valence-electron chi connectivity index (χ3n) is 2.52. The van der Waals surface area contributed by atoms with Crippen LogP contribution in [0.15, 0.2) is 6.20 Å². The third-order valence-corrected chi connectivity index (χ3v) is 2.52. The number of aliphatic hydroxyl groups is 1. The van der Waals surface area contributed by atoms with Crippen molar-refractivity contribution in [2.75, 3.05) is 7.11 Å². The highest BCUT2D eigenvalue weighted by Gasteiger charge is 2.21. The summed E-state index contributed by atoms with van der Waals surface area (Å²) >= 11 is 0. The fourth-order valence-electron chi connectivity index (χ4n) is 1.80. The Morgan fingerprint density at radius 3 is 2.44 bits per heavy atom. The fourth-order valence-corrected chi connectivity index (χ4v) is 1.80. The first-order chi connectivity index (χ1) is 7.47. The minimum atomic E-state index is -0.514. The summed E-state index contributed by atoms with van der Waals surface area (Å²) in [5, 5.41) is 14.4. The smallest absolute Gasteiger partial charge is 0.162 e. The van der Waals surface area contributed by atoms with Crippen molar-refractivity contribution in [1.82, 2.24) is 9.78 Å². The first-order valence-electron chi connectivity index (χ1n) is 5.76. The minimum absolute atomic E-state index is 0.223. The number of hydrogen-bond donors (Lipinski definition) is 1. The normalized spacial score (nSPS) is 13.5. The second kappa shape index (κ2) is 5.34. The van der Waals surface area contributed by atoms with Crippen molar-refractivity contribution in [1.29, 1.82) is 0 Å². The highest BCUT2D eigenvalue weighted by molar-refractivity contribution is 5.27. The van der Waals surface area contributed by atoms with Gasteiger partial charge in [-0.1, -0.05) is 13.8 Å². The second-order valence-electron chi connectivity index (χ2n) is 4.78. The van der Waals surface area contributed by atoms with Gasteiger partial charge in [-0.05, 0) is 26.2 Å². The van der Waals surface area contributed by atoms with E-state index in [0.29, 0.717) is 11.7 Å². The largest absolute Gasteiger partial charge is 0.493 e. The van der Waals surface area contributed by atoms with Gasteiger partial charge in [-0.15, -0.1) is 0 Å². The Morgan fingerprint density at radius 2 is 2.00 bits per heavy atom. The molecule has 0 amide bonds. The Kier molecular flexibility index (Phi) is 4.35. The van der Waals surface area contributed by atoms with Crippen LogP contribution in [0.3, 0.4) is 0 Å². The van der Waals surface area contributed by atoms with Crippen LogP contribution >= 0.6 is 0 Å². The Balaban J connectivity index is 3.02. The monoisotopic (exact) mass is 226 g/mol. The number of aromatic nitrogens is 2. The molecule has 1 heterocycles. The number of aliphatic hydroxyl groups excluding tert-OH is 1. The summed E-state index contributed by atoms with van der Waals surface area (Å²) in [5.74, 6) is 1.11. The molecule has 4 nitrogen and oxygen atoms in total. The van der Waals surface area contributed by atoms with E-state index in [4.69, 9.17) is 4.74 Å². The third kappa shape index (κ3) is 2.76. The number of nitrogens with zero attached hydrogens (tertiary/aromatic N) is 2. The Morgan fingerprint density at radius 1 is 1.38 bits per heavy atom. The standard InChI is InChI=1S/C12H22N2O2/c1-8(2)6-10(15)12-11(16-5)7-13-14(12)9(3)4/h7-10,15H,6H2,1-5H3. The van der Waals surface area contributed by atoms with Crippen LogP contribution in [-0.2, 0) is 0 Å². The summed E-state index contributed by atoms with van der Waals surface area (Å²) in [6, 6.07) is 0.223. The van der Waals surface area contributed by atoms with Crippen molar-refractivity contribution >= 4 is 0 Å². The van der Waals surface area contributed by atoms with E-state index in [0.717, 1.165) is 12.1 Å². The van der Waals surface area contributed by atoms with E-state index in [1.54, 1.807) is 13.3 Å². The molecule has 0 saturated heterocycles. The van der Waals surface area contributed by atoms with Crippen LogP contribution in [0.4, 0.5) is 0 Å². The molecule has 0 radical (unpaired) electrons. The summed E-state index contributed by atoms with van der Waals surface area (Å²) in [4.78, 5) is 0. The molecule has 1 unspecified atom stereocenters. The maximum absolute atomic E-state index is 10.2. The van der Waals surface area contributed by atoms with Gasteiger partial charge in [0.2, 0.25) is 0 Å². The topological polar surface area (TPSA) is 47.3 Å². The van der Waals surface area contributed by atoms with Gasteiger partial charge in [-0.3, -0.25) is 4.68 Å². The zero-order chi connectivity index (χ0) is 12.3. The molecule has 0 aliphatic carbocycles. The van der Waals surface area contributed by atoms with Gasteiger partial charge in [0.05, 0.1) is 19.4 Å². The zero-order valence-electron chi connectivity index (χ0n) is 10.8. The maximum Gasteiger partial charge on any atom is 0.162 e. The minimum Gasteiger partial charge on any atom is -0.493 e. The van der Waals surface area contributed by atoms with Crippen LogP contribution < -0.4 is 4.74 Å². The van der Waals surface area contributed by atoms with E-state index < -0.39 is 6.10 Å². The van der Waals surface area contributed by atoms with Gasteiger partial charge in [0.15, 0.2) is 5.75 Å². The van der Waals surface area contributed by atoms with Gasteiger partial charge < -0.3 is 9.84 Å². The van der Waals surface area contributed by atoms with E-state index in [1.165, 1.54) is 0 Å². The average molecular weight is 226 g/mol. The lowest BCUT2D eigenvalue weighted by Gasteiger charge is -2.18. The van der Waals surface area contributed by atoms with Crippen LogP contribution in [0, 0.1) is 5.92 Å². The van der Waals surface area contributed by atoms with Gasteiger partial charge in [-0.2, -0.15) is 5.10 Å². The summed E-state index contributed by atoms with van der Waals surface area (Å²) in [6.45, 7) is 8.26. The fraction of sp³-hybridized carbons (Fsp3) is 0.750. The molecule has 1 aromatic rings. The van der Waals surface area contributed by atoms with Crippen molar-refractivity contribution in [3.63, 3.8) is 0 Å². The first-order valence-corrected chi connectivity index (χ1v) is 5.76. The molecule has 1 atom stereocenters. The van der Waals surface area contributed by atoms with Gasteiger partial charge in [0, 0.05) is 6.04 Å². The highest BCUT2D eigenvalue weighted by atomic mass is 16.5. The average Bonchev–Trinajstić information content (AvgIpc) is 2.59. The Hall–Kier alpha value is -1.03. The summed E-state index contributed by atoms with van der Waals surface area (Å²) in [6.07, 6.45) is 1.87. The molecular formula is C12H22N2O2. The second-order valence-corrected chi connectivity index (χ2v) is 4.78. The maximum atomic E-state index is 10.2. The molecule has 4 heteroatoms. The van der Waals surface area contributed by atoms with Crippen molar-refractivity contribution in [3.05, 3.63) is 11.9 Å². The van der Waals surface area contributed by atoms with E-state index in [2.05, 4.69) is 18.9 Å². The Bertz CT molecular complexity index is 332. The molecule has 0 aliphatic rings. The van der Waals surface area contributed by atoms with Crippen LogP contribution in [0.5, 0.6) is 5.75 Å². The lowest BCUT2D eigenvalue weighted by molar-refractivity contribution is 0.135. The number of rotatable bonds is 5. The zero-order valence-corrected chi connectivity index (χ0v) is 10.8. The molecule has 0 aromatic carbocycles. The van der Waals surface area contributed by atoms with Crippen LogP contribution in [-0.4, -0.2) is 22.0 Å². The van der Waals surface area contributed by atoms with Crippen molar-refractivity contribution in [2.24, 2.45) is 5.92 Å². The van der Waals surface area contributed by atoms with Crippen LogP contribution in [0.1, 0.15) is 52.0 Å². The lowest BCUT2D eigenvalue weighted by Crippen LogP contribution is -2.13. The molecule has 0 fully saturated rings. The van der Waals surface area contributed by atoms with Crippen molar-refractivity contribution < 1.29 is 9.84 Å². The molecule has 0 saturated carbocycles. The molecule has 1 aromatic heterocycles. The number of ether oxygens (including phenoxy) is 1.